The number of rotatable bonds is 10. The van der Waals surface area contributed by atoms with Gasteiger partial charge in [0.05, 0.1) is 64.6 Å². The number of carbonyl (C=O) groups excluding carboxylic acids is 1. The largest absolute Gasteiger partial charge is 0.755 e. The Morgan fingerprint density at radius 2 is 1.22 bits per heavy atom. The van der Waals surface area contributed by atoms with Gasteiger partial charge in [-0.25, -0.2) is 4.79 Å². The number of anilines is 4. The first-order valence-corrected chi connectivity index (χ1v) is 14.3. The zero-order chi connectivity index (χ0) is 29.7. The van der Waals surface area contributed by atoms with E-state index in [0.29, 0.717) is 11.4 Å². The number of aliphatic hydroxyl groups is 1. The van der Waals surface area contributed by atoms with Crippen molar-refractivity contribution in [1.82, 2.24) is 0 Å². The molecule has 0 heterocycles. The molecule has 0 spiro atoms. The Morgan fingerprint density at radius 3 is 1.68 bits per heavy atom. The van der Waals surface area contributed by atoms with Crippen molar-refractivity contribution in [3.05, 3.63) is 107 Å². The molecule has 0 saturated heterocycles. The minimum atomic E-state index is -2.77. The first-order valence-electron chi connectivity index (χ1n) is 12.2. The van der Waals surface area contributed by atoms with E-state index in [1.807, 2.05) is 13.8 Å². The van der Waals surface area contributed by atoms with Gasteiger partial charge in [0.15, 0.2) is 0 Å². The second kappa shape index (κ2) is 13.1. The molecule has 41 heavy (non-hydrogen) atoms. The third-order valence-corrected chi connectivity index (χ3v) is 7.51. The van der Waals surface area contributed by atoms with Gasteiger partial charge in [-0.3, -0.25) is 17.0 Å². The Hall–Kier alpha value is -4.07. The van der Waals surface area contributed by atoms with Crippen LogP contribution in [0.25, 0.3) is 0 Å². The van der Waals surface area contributed by atoms with Crippen molar-refractivity contribution >= 4 is 51.3 Å². The predicted octanol–water partition coefficient (Wildman–Crippen LogP) is 5.24. The van der Waals surface area contributed by atoms with Gasteiger partial charge in [-0.15, -0.1) is 0 Å². The fourth-order valence-electron chi connectivity index (χ4n) is 4.09. The minimum absolute atomic E-state index is 0.0550. The molecule has 4 aromatic rings. The zero-order valence-electron chi connectivity index (χ0n) is 22.3. The van der Waals surface area contributed by atoms with Crippen LogP contribution in [-0.2, 0) is 33.9 Å². The van der Waals surface area contributed by atoms with E-state index < -0.39 is 35.1 Å². The summed E-state index contributed by atoms with van der Waals surface area (Å²) in [6.07, 6.45) is 0. The van der Waals surface area contributed by atoms with Crippen LogP contribution >= 0.6 is 0 Å². The third-order valence-electron chi connectivity index (χ3n) is 6.10. The Bertz CT molecular complexity index is 1590. The highest BCUT2D eigenvalue weighted by molar-refractivity contribution is 7.81. The van der Waals surface area contributed by atoms with Crippen molar-refractivity contribution in [2.75, 3.05) is 15.7 Å². The lowest BCUT2D eigenvalue weighted by Gasteiger charge is -2.29. The van der Waals surface area contributed by atoms with Gasteiger partial charge in [-0.05, 0) is 74.5 Å². The van der Waals surface area contributed by atoms with Gasteiger partial charge in [0.1, 0.15) is 11.5 Å². The van der Waals surface area contributed by atoms with Crippen molar-refractivity contribution in [1.29, 1.82) is 0 Å². The fraction of sp³-hybridized carbons (Fsp3) is 0.138. The molecule has 214 valence electrons. The predicted molar refractivity (Wildman–Crippen MR) is 155 cm³/mol. The van der Waals surface area contributed by atoms with Crippen molar-refractivity contribution in [2.24, 2.45) is 0 Å². The monoisotopic (exact) mass is 594 g/mol. The molecule has 2 unspecified atom stereocenters. The van der Waals surface area contributed by atoms with Crippen molar-refractivity contribution < 1.29 is 36.9 Å². The van der Waals surface area contributed by atoms with E-state index in [-0.39, 0.29) is 34.0 Å². The molecule has 2 atom stereocenters. The highest BCUT2D eigenvalue weighted by Gasteiger charge is 2.22. The summed E-state index contributed by atoms with van der Waals surface area (Å²) in [5.41, 5.74) is 3.08. The van der Waals surface area contributed by atoms with Crippen LogP contribution in [-0.4, -0.2) is 35.7 Å². The normalized spacial score (nSPS) is 12.3. The molecule has 0 aliphatic rings. The van der Waals surface area contributed by atoms with E-state index in [1.165, 1.54) is 43.5 Å². The van der Waals surface area contributed by atoms with E-state index in [2.05, 4.69) is 0 Å². The number of esters is 1. The molecule has 1 N–H and O–H groups in total. The van der Waals surface area contributed by atoms with Crippen molar-refractivity contribution in [2.45, 2.75) is 20.5 Å². The first-order chi connectivity index (χ1) is 19.6. The van der Waals surface area contributed by atoms with E-state index in [4.69, 9.17) is 9.47 Å². The summed E-state index contributed by atoms with van der Waals surface area (Å²) in [5, 5.41) is 10.0. The highest BCUT2D eigenvalue weighted by atomic mass is 32.2. The summed E-state index contributed by atoms with van der Waals surface area (Å²) in [7, 11) is 1.18. The SMILES string of the molecule is COC(=O)c1cc(Oc2ccc(N(c3ccc(C)cc3)S(=O)[O-])c(CO)c2)ccc1N(c1ccc(C)cc1)S(=O)[O-]. The molecule has 4 aromatic carbocycles. The molecule has 0 bridgehead atoms. The minimum Gasteiger partial charge on any atom is -0.755 e. The molecule has 0 aliphatic carbocycles. The molecule has 0 amide bonds. The second-order valence-corrected chi connectivity index (χ2v) is 10.5. The Morgan fingerprint density at radius 1 is 0.756 bits per heavy atom. The number of benzene rings is 4. The maximum absolute atomic E-state index is 12.7. The van der Waals surface area contributed by atoms with Crippen LogP contribution in [0.2, 0.25) is 0 Å². The van der Waals surface area contributed by atoms with Crippen molar-refractivity contribution in [3.63, 3.8) is 0 Å². The van der Waals surface area contributed by atoms with Gasteiger partial charge >= 0.3 is 5.97 Å². The Labute approximate surface area is 242 Å². The molecule has 12 heteroatoms. The van der Waals surface area contributed by atoms with E-state index in [0.717, 1.165) is 19.7 Å². The number of ether oxygens (including phenoxy) is 2. The van der Waals surface area contributed by atoms with E-state index in [9.17, 15) is 27.4 Å². The van der Waals surface area contributed by atoms with Gasteiger partial charge in [-0.1, -0.05) is 35.4 Å². The second-order valence-electron chi connectivity index (χ2n) is 8.92. The van der Waals surface area contributed by atoms with Gasteiger partial charge in [0.25, 0.3) is 0 Å². The van der Waals surface area contributed by atoms with Crippen LogP contribution in [0.4, 0.5) is 22.7 Å². The molecule has 10 nitrogen and oxygen atoms in total. The lowest BCUT2D eigenvalue weighted by atomic mass is 10.1. The Balaban J connectivity index is 1.70. The molecular weight excluding hydrogens is 568 g/mol. The quantitative estimate of drug-likeness (QED) is 0.194. The molecule has 0 fully saturated rings. The number of hydrogen-bond acceptors (Lipinski definition) is 8. The van der Waals surface area contributed by atoms with Gasteiger partial charge < -0.3 is 23.7 Å². The average molecular weight is 595 g/mol. The summed E-state index contributed by atoms with van der Waals surface area (Å²) >= 11 is -5.45. The highest BCUT2D eigenvalue weighted by Crippen LogP contribution is 2.37. The van der Waals surface area contributed by atoms with Gasteiger partial charge in [0, 0.05) is 5.56 Å². The summed E-state index contributed by atoms with van der Waals surface area (Å²) in [5.74, 6) is -0.370. The van der Waals surface area contributed by atoms with Crippen LogP contribution in [0, 0.1) is 13.8 Å². The van der Waals surface area contributed by atoms with E-state index in [1.54, 1.807) is 48.5 Å². The Kier molecular flexibility index (Phi) is 9.53. The fourth-order valence-corrected chi connectivity index (χ4v) is 5.33. The number of hydrogen-bond donors (Lipinski definition) is 1. The van der Waals surface area contributed by atoms with E-state index >= 15 is 0 Å². The standard InChI is InChI=1S/C29H28N2O8S2/c1-19-4-8-22(9-5-19)30(40(34)35)27-14-12-24(16-21(27)18-32)39-25-13-15-28(26(17-25)29(33)38-3)31(41(36)37)23-10-6-20(2)7-11-23/h4-17,32H,18H2,1-3H3,(H,34,35)(H,36,37)/p-2. The van der Waals surface area contributed by atoms with Crippen LogP contribution < -0.4 is 13.3 Å². The smallest absolute Gasteiger partial charge is 0.340 e. The van der Waals surface area contributed by atoms with Gasteiger partial charge in [-0.2, -0.15) is 0 Å². The maximum atomic E-state index is 12.7. The molecule has 4 rings (SSSR count). The van der Waals surface area contributed by atoms with Crippen LogP contribution in [0.15, 0.2) is 84.9 Å². The average Bonchev–Trinajstić information content (AvgIpc) is 2.95. The molecule has 0 aromatic heterocycles. The van der Waals surface area contributed by atoms with Gasteiger partial charge in [0.2, 0.25) is 0 Å². The topological polar surface area (TPSA) is 142 Å². The number of methoxy groups -OCH3 is 1. The summed E-state index contributed by atoms with van der Waals surface area (Å²) in [4.78, 5) is 12.7. The van der Waals surface area contributed by atoms with Crippen LogP contribution in [0.5, 0.6) is 11.5 Å². The van der Waals surface area contributed by atoms with Crippen LogP contribution in [0.3, 0.4) is 0 Å². The molecule has 0 radical (unpaired) electrons. The van der Waals surface area contributed by atoms with Crippen molar-refractivity contribution in [3.8, 4) is 11.5 Å². The molecule has 0 saturated carbocycles. The maximum Gasteiger partial charge on any atom is 0.340 e. The number of aryl methyl sites for hydroxylation is 2. The lowest BCUT2D eigenvalue weighted by Crippen LogP contribution is -2.22. The summed E-state index contributed by atoms with van der Waals surface area (Å²) < 4.78 is 61.6. The number of aliphatic hydroxyl groups excluding tert-OH is 1. The third kappa shape index (κ3) is 6.81. The zero-order valence-corrected chi connectivity index (χ0v) is 23.9. The lowest BCUT2D eigenvalue weighted by molar-refractivity contribution is 0.0601. The number of carbonyl (C=O) groups is 1. The first kappa shape index (κ1) is 29.9. The summed E-state index contributed by atoms with van der Waals surface area (Å²) in [6, 6.07) is 22.3. The molecular formula is C29H26N2O8S2-2. The van der Waals surface area contributed by atoms with Crippen LogP contribution in [0.1, 0.15) is 27.0 Å². The number of nitrogens with zero attached hydrogens (tertiary/aromatic N) is 2. The molecule has 0 aliphatic heterocycles. The summed E-state index contributed by atoms with van der Waals surface area (Å²) in [6.45, 7) is 3.26.